The molecule has 2 amide bonds. The highest BCUT2D eigenvalue weighted by molar-refractivity contribution is 8.00. The Balaban J connectivity index is 2.61. The monoisotopic (exact) mass is 271 g/mol. The second kappa shape index (κ2) is 5.24. The van der Waals surface area contributed by atoms with E-state index < -0.39 is 0 Å². The van der Waals surface area contributed by atoms with E-state index in [0.29, 0.717) is 13.0 Å². The molecule has 0 bridgehead atoms. The highest BCUT2D eigenvalue weighted by Gasteiger charge is 2.40. The van der Waals surface area contributed by atoms with E-state index in [0.717, 1.165) is 5.75 Å². The van der Waals surface area contributed by atoms with E-state index in [4.69, 9.17) is 0 Å². The topological polar surface area (TPSA) is 37.4 Å². The highest BCUT2D eigenvalue weighted by Crippen LogP contribution is 2.31. The molecule has 18 heavy (non-hydrogen) atoms. The molecule has 1 aliphatic rings. The first-order chi connectivity index (χ1) is 7.99. The van der Waals surface area contributed by atoms with E-state index in [2.05, 4.69) is 20.8 Å². The van der Waals surface area contributed by atoms with Gasteiger partial charge in [0, 0.05) is 13.0 Å². The van der Waals surface area contributed by atoms with Crippen LogP contribution in [0.15, 0.2) is 0 Å². The number of imide groups is 1. The van der Waals surface area contributed by atoms with Gasteiger partial charge in [0.25, 0.3) is 0 Å². The van der Waals surface area contributed by atoms with E-state index in [1.807, 2.05) is 20.8 Å². The van der Waals surface area contributed by atoms with Crippen LogP contribution in [0.3, 0.4) is 0 Å². The molecule has 1 rings (SSSR count). The van der Waals surface area contributed by atoms with Crippen LogP contribution < -0.4 is 0 Å². The third-order valence-electron chi connectivity index (χ3n) is 2.55. The minimum atomic E-state index is -0.168. The average molecular weight is 271 g/mol. The van der Waals surface area contributed by atoms with Gasteiger partial charge in [0.15, 0.2) is 0 Å². The number of amides is 2. The summed E-state index contributed by atoms with van der Waals surface area (Å²) < 4.78 is 0. The summed E-state index contributed by atoms with van der Waals surface area (Å²) in [5.74, 6) is 0.894. The third kappa shape index (κ3) is 4.63. The minimum Gasteiger partial charge on any atom is -0.281 e. The molecule has 1 fully saturated rings. The molecule has 0 aromatic rings. The second-order valence-corrected chi connectivity index (χ2v) is 8.63. The van der Waals surface area contributed by atoms with Gasteiger partial charge < -0.3 is 0 Å². The maximum Gasteiger partial charge on any atom is 0.242 e. The molecule has 1 saturated heterocycles. The lowest BCUT2D eigenvalue weighted by molar-refractivity contribution is -0.139. The predicted molar refractivity (Wildman–Crippen MR) is 76.5 cm³/mol. The number of rotatable bonds is 3. The van der Waals surface area contributed by atoms with E-state index in [1.54, 1.807) is 11.8 Å². The number of hydrogen-bond acceptors (Lipinski definition) is 3. The molecular formula is C14H25NO2S. The first-order valence-corrected chi connectivity index (χ1v) is 7.50. The van der Waals surface area contributed by atoms with Gasteiger partial charge in [0.1, 0.15) is 0 Å². The Bertz CT molecular complexity index is 339. The van der Waals surface area contributed by atoms with Crippen molar-refractivity contribution in [3.05, 3.63) is 0 Å². The van der Waals surface area contributed by atoms with Crippen molar-refractivity contribution in [2.24, 2.45) is 10.8 Å². The van der Waals surface area contributed by atoms with Gasteiger partial charge in [-0.2, -0.15) is 0 Å². The second-order valence-electron chi connectivity index (χ2n) is 7.44. The van der Waals surface area contributed by atoms with Gasteiger partial charge in [-0.3, -0.25) is 14.5 Å². The van der Waals surface area contributed by atoms with Crippen LogP contribution in [0.1, 0.15) is 48.0 Å². The average Bonchev–Trinajstić information content (AvgIpc) is 2.39. The lowest BCUT2D eigenvalue weighted by atomic mass is 9.96. The van der Waals surface area contributed by atoms with Gasteiger partial charge in [0.05, 0.1) is 5.25 Å². The molecule has 0 aliphatic carbocycles. The summed E-state index contributed by atoms with van der Waals surface area (Å²) in [5.41, 5.74) is 0.153. The van der Waals surface area contributed by atoms with Crippen molar-refractivity contribution in [1.82, 2.24) is 4.90 Å². The summed E-state index contributed by atoms with van der Waals surface area (Å²) in [6, 6.07) is 0. The van der Waals surface area contributed by atoms with E-state index in [1.165, 1.54) is 4.90 Å². The van der Waals surface area contributed by atoms with Gasteiger partial charge in [0.2, 0.25) is 11.8 Å². The Hall–Kier alpha value is -0.510. The Labute approximate surface area is 115 Å². The standard InChI is InChI=1S/C14H25NO2S/c1-13(2,3)8-15-11(16)7-10(12(15)17)18-9-14(4,5)6/h10H,7-9H2,1-6H3. The SMILES string of the molecule is CC(C)(C)CSC1CC(=O)N(CC(C)(C)C)C1=O. The van der Waals surface area contributed by atoms with Crippen LogP contribution in [-0.4, -0.2) is 34.3 Å². The lowest BCUT2D eigenvalue weighted by Crippen LogP contribution is -2.38. The van der Waals surface area contributed by atoms with Crippen molar-refractivity contribution in [2.45, 2.75) is 53.2 Å². The summed E-state index contributed by atoms with van der Waals surface area (Å²) in [6.45, 7) is 13.1. The number of carbonyl (C=O) groups is 2. The number of hydrogen-bond donors (Lipinski definition) is 0. The number of thioether (sulfide) groups is 1. The molecule has 104 valence electrons. The summed E-state index contributed by atoms with van der Waals surface area (Å²) in [7, 11) is 0. The first kappa shape index (κ1) is 15.5. The number of nitrogens with zero attached hydrogens (tertiary/aromatic N) is 1. The lowest BCUT2D eigenvalue weighted by Gasteiger charge is -2.25. The molecule has 1 aliphatic heterocycles. The van der Waals surface area contributed by atoms with Crippen LogP contribution in [0.5, 0.6) is 0 Å². The van der Waals surface area contributed by atoms with Crippen molar-refractivity contribution >= 4 is 23.6 Å². The summed E-state index contributed by atoms with van der Waals surface area (Å²) in [4.78, 5) is 25.5. The van der Waals surface area contributed by atoms with Crippen LogP contribution in [0.25, 0.3) is 0 Å². The zero-order valence-corrected chi connectivity index (χ0v) is 13.2. The fourth-order valence-corrected chi connectivity index (χ4v) is 3.01. The molecule has 0 radical (unpaired) electrons. The van der Waals surface area contributed by atoms with Crippen LogP contribution >= 0.6 is 11.8 Å². The summed E-state index contributed by atoms with van der Waals surface area (Å²) >= 11 is 1.62. The molecule has 0 saturated carbocycles. The minimum absolute atomic E-state index is 0.00387. The van der Waals surface area contributed by atoms with Crippen LogP contribution in [0.2, 0.25) is 0 Å². The van der Waals surface area contributed by atoms with E-state index in [-0.39, 0.29) is 27.9 Å². The fraction of sp³-hybridized carbons (Fsp3) is 0.857. The van der Waals surface area contributed by atoms with Crippen molar-refractivity contribution < 1.29 is 9.59 Å². The largest absolute Gasteiger partial charge is 0.281 e. The highest BCUT2D eigenvalue weighted by atomic mass is 32.2. The molecule has 3 nitrogen and oxygen atoms in total. The molecule has 0 N–H and O–H groups in total. The zero-order chi connectivity index (χ0) is 14.1. The van der Waals surface area contributed by atoms with E-state index in [9.17, 15) is 9.59 Å². The molecule has 0 aromatic heterocycles. The van der Waals surface area contributed by atoms with Crippen molar-refractivity contribution in [2.75, 3.05) is 12.3 Å². The molecule has 1 heterocycles. The third-order valence-corrected chi connectivity index (χ3v) is 4.36. The van der Waals surface area contributed by atoms with Crippen LogP contribution in [0.4, 0.5) is 0 Å². The Morgan fingerprint density at radius 3 is 2.11 bits per heavy atom. The van der Waals surface area contributed by atoms with Crippen molar-refractivity contribution in [3.8, 4) is 0 Å². The maximum absolute atomic E-state index is 12.2. The number of carbonyl (C=O) groups excluding carboxylic acids is 2. The summed E-state index contributed by atoms with van der Waals surface area (Å²) in [6.07, 6.45) is 0.371. The predicted octanol–water partition coefficient (Wildman–Crippen LogP) is 2.94. The maximum atomic E-state index is 12.2. The quantitative estimate of drug-likeness (QED) is 0.741. The van der Waals surface area contributed by atoms with Crippen LogP contribution in [-0.2, 0) is 9.59 Å². The van der Waals surface area contributed by atoms with Gasteiger partial charge in [-0.25, -0.2) is 0 Å². The van der Waals surface area contributed by atoms with Crippen LogP contribution in [0, 0.1) is 10.8 Å². The number of likely N-dealkylation sites (tertiary alicyclic amines) is 1. The summed E-state index contributed by atoms with van der Waals surface area (Å²) in [5, 5.41) is -0.168. The molecule has 0 aromatic carbocycles. The molecule has 1 unspecified atom stereocenters. The van der Waals surface area contributed by atoms with Crippen molar-refractivity contribution in [1.29, 1.82) is 0 Å². The van der Waals surface area contributed by atoms with Gasteiger partial charge in [-0.05, 0) is 16.6 Å². The van der Waals surface area contributed by atoms with Gasteiger partial charge in [-0.15, -0.1) is 11.8 Å². The Morgan fingerprint density at radius 1 is 1.11 bits per heavy atom. The fourth-order valence-electron chi connectivity index (χ4n) is 1.77. The van der Waals surface area contributed by atoms with Gasteiger partial charge in [-0.1, -0.05) is 41.5 Å². The first-order valence-electron chi connectivity index (χ1n) is 6.45. The molecular weight excluding hydrogens is 246 g/mol. The van der Waals surface area contributed by atoms with Crippen molar-refractivity contribution in [3.63, 3.8) is 0 Å². The van der Waals surface area contributed by atoms with E-state index >= 15 is 0 Å². The molecule has 0 spiro atoms. The van der Waals surface area contributed by atoms with Gasteiger partial charge >= 0.3 is 0 Å². The smallest absolute Gasteiger partial charge is 0.242 e. The molecule has 1 atom stereocenters. The molecule has 4 heteroatoms. The normalized spacial score (nSPS) is 21.9. The Morgan fingerprint density at radius 2 is 1.67 bits per heavy atom. The zero-order valence-electron chi connectivity index (χ0n) is 12.4. The Kier molecular flexibility index (Phi) is 4.52.